The molecular formula is C12H18N4O. The summed E-state index contributed by atoms with van der Waals surface area (Å²) in [7, 11) is 1.83. The third kappa shape index (κ3) is 2.67. The summed E-state index contributed by atoms with van der Waals surface area (Å²) in [6, 6.07) is 3.71. The molecule has 2 heterocycles. The highest BCUT2D eigenvalue weighted by Gasteiger charge is 2.28. The van der Waals surface area contributed by atoms with Crippen LogP contribution in [-0.2, 0) is 4.79 Å². The lowest BCUT2D eigenvalue weighted by Crippen LogP contribution is -2.30. The first-order valence-electron chi connectivity index (χ1n) is 5.92. The van der Waals surface area contributed by atoms with Crippen molar-refractivity contribution in [1.29, 1.82) is 0 Å². The zero-order chi connectivity index (χ0) is 12.3. The highest BCUT2D eigenvalue weighted by Crippen LogP contribution is 2.17. The smallest absolute Gasteiger partial charge is 0.244 e. The largest absolute Gasteiger partial charge is 0.373 e. The minimum atomic E-state index is -0.100. The third-order valence-corrected chi connectivity index (χ3v) is 2.89. The Kier molecular flexibility index (Phi) is 3.46. The molecule has 0 saturated carbocycles. The van der Waals surface area contributed by atoms with Gasteiger partial charge in [-0.05, 0) is 19.4 Å². The molecule has 1 aliphatic rings. The van der Waals surface area contributed by atoms with Crippen LogP contribution in [0.25, 0.3) is 0 Å². The number of nitrogens with one attached hydrogen (secondary N) is 2. The van der Waals surface area contributed by atoms with E-state index in [2.05, 4.69) is 15.6 Å². The monoisotopic (exact) mass is 234 g/mol. The quantitative estimate of drug-likeness (QED) is 0.820. The Morgan fingerprint density at radius 1 is 1.59 bits per heavy atom. The lowest BCUT2D eigenvalue weighted by atomic mass is 10.2. The van der Waals surface area contributed by atoms with Crippen molar-refractivity contribution in [2.75, 3.05) is 30.8 Å². The first kappa shape index (κ1) is 11.7. The summed E-state index contributed by atoms with van der Waals surface area (Å²) >= 11 is 0. The van der Waals surface area contributed by atoms with Crippen LogP contribution in [0.5, 0.6) is 0 Å². The van der Waals surface area contributed by atoms with E-state index in [9.17, 15) is 4.79 Å². The molecule has 2 N–H and O–H groups in total. The van der Waals surface area contributed by atoms with Gasteiger partial charge in [-0.3, -0.25) is 4.79 Å². The Hall–Kier alpha value is -1.78. The maximum Gasteiger partial charge on any atom is 0.244 e. The van der Waals surface area contributed by atoms with Crippen LogP contribution in [0, 0.1) is 0 Å². The van der Waals surface area contributed by atoms with E-state index >= 15 is 0 Å². The van der Waals surface area contributed by atoms with E-state index < -0.39 is 0 Å². The fraction of sp³-hybridized carbons (Fsp3) is 0.500. The average Bonchev–Trinajstić information content (AvgIpc) is 2.62. The molecule has 92 valence electrons. The van der Waals surface area contributed by atoms with Gasteiger partial charge in [0.25, 0.3) is 0 Å². The fourth-order valence-electron chi connectivity index (χ4n) is 1.96. The summed E-state index contributed by atoms with van der Waals surface area (Å²) in [4.78, 5) is 17.7. The number of hydrogen-bond acceptors (Lipinski definition) is 4. The van der Waals surface area contributed by atoms with Crippen molar-refractivity contribution >= 4 is 17.4 Å². The van der Waals surface area contributed by atoms with E-state index in [0.29, 0.717) is 0 Å². The Bertz CT molecular complexity index is 407. The summed E-state index contributed by atoms with van der Waals surface area (Å²) in [6.07, 6.45) is 2.59. The van der Waals surface area contributed by atoms with Gasteiger partial charge in [-0.25, -0.2) is 4.98 Å². The lowest BCUT2D eigenvalue weighted by Gasteiger charge is -2.14. The topological polar surface area (TPSA) is 57.3 Å². The van der Waals surface area contributed by atoms with Gasteiger partial charge in [0.1, 0.15) is 11.9 Å². The average molecular weight is 234 g/mol. The zero-order valence-electron chi connectivity index (χ0n) is 10.2. The minimum absolute atomic E-state index is 0.100. The molecule has 1 aliphatic heterocycles. The van der Waals surface area contributed by atoms with Gasteiger partial charge in [0.15, 0.2) is 0 Å². The summed E-state index contributed by atoms with van der Waals surface area (Å²) in [6.45, 7) is 3.68. The van der Waals surface area contributed by atoms with Crippen molar-refractivity contribution in [2.24, 2.45) is 0 Å². The number of aromatic nitrogens is 1. The molecule has 0 bridgehead atoms. The lowest BCUT2D eigenvalue weighted by molar-refractivity contribution is -0.127. The number of likely N-dealkylation sites (N-methyl/N-ethyl adjacent to an activating group) is 1. The van der Waals surface area contributed by atoms with Crippen LogP contribution >= 0.6 is 0 Å². The summed E-state index contributed by atoms with van der Waals surface area (Å²) < 4.78 is 0. The number of anilines is 2. The van der Waals surface area contributed by atoms with Gasteiger partial charge in [0.05, 0.1) is 0 Å². The number of pyridine rings is 1. The molecular weight excluding hydrogens is 216 g/mol. The van der Waals surface area contributed by atoms with Gasteiger partial charge < -0.3 is 15.5 Å². The molecule has 1 amide bonds. The van der Waals surface area contributed by atoms with Crippen molar-refractivity contribution in [2.45, 2.75) is 19.4 Å². The molecule has 0 radical (unpaired) electrons. The van der Waals surface area contributed by atoms with Gasteiger partial charge in [-0.2, -0.15) is 0 Å². The summed E-state index contributed by atoms with van der Waals surface area (Å²) in [5.41, 5.74) is 0.935. The van der Waals surface area contributed by atoms with E-state index in [4.69, 9.17) is 0 Å². The number of carbonyl (C=O) groups excluding carboxylic acids is 1. The predicted molar refractivity (Wildman–Crippen MR) is 68.1 cm³/mol. The van der Waals surface area contributed by atoms with Crippen LogP contribution in [0.2, 0.25) is 0 Å². The molecule has 0 aromatic carbocycles. The van der Waals surface area contributed by atoms with Gasteiger partial charge in [0.2, 0.25) is 5.91 Å². The van der Waals surface area contributed by atoms with E-state index in [1.807, 2.05) is 26.1 Å². The minimum Gasteiger partial charge on any atom is -0.373 e. The molecule has 1 saturated heterocycles. The van der Waals surface area contributed by atoms with Crippen LogP contribution in [-0.4, -0.2) is 42.0 Å². The van der Waals surface area contributed by atoms with Crippen LogP contribution in [0.3, 0.4) is 0 Å². The maximum absolute atomic E-state index is 11.8. The zero-order valence-corrected chi connectivity index (χ0v) is 10.2. The molecule has 0 spiro atoms. The van der Waals surface area contributed by atoms with Crippen molar-refractivity contribution in [3.8, 4) is 0 Å². The van der Waals surface area contributed by atoms with Crippen LogP contribution < -0.4 is 10.6 Å². The summed E-state index contributed by atoms with van der Waals surface area (Å²) in [5, 5.41) is 6.39. The molecule has 5 nitrogen and oxygen atoms in total. The van der Waals surface area contributed by atoms with E-state index in [1.165, 1.54) is 0 Å². The standard InChI is InChI=1S/C12H18N4O/c1-3-13-11-8-9(4-6-14-11)15-10-5-7-16(2)12(10)17/h4,6,8,10H,3,5,7H2,1-2H3,(H2,13,14,15). The van der Waals surface area contributed by atoms with Crippen LogP contribution in [0.15, 0.2) is 18.3 Å². The van der Waals surface area contributed by atoms with Crippen molar-refractivity contribution < 1.29 is 4.79 Å². The maximum atomic E-state index is 11.8. The fourth-order valence-corrected chi connectivity index (χ4v) is 1.96. The Labute approximate surface area is 101 Å². The number of rotatable bonds is 4. The molecule has 17 heavy (non-hydrogen) atoms. The van der Waals surface area contributed by atoms with Crippen LogP contribution in [0.4, 0.5) is 11.5 Å². The second kappa shape index (κ2) is 5.03. The van der Waals surface area contributed by atoms with E-state index in [-0.39, 0.29) is 11.9 Å². The second-order valence-electron chi connectivity index (χ2n) is 4.21. The SMILES string of the molecule is CCNc1cc(NC2CCN(C)C2=O)ccn1. The Morgan fingerprint density at radius 2 is 2.41 bits per heavy atom. The number of nitrogens with zero attached hydrogens (tertiary/aromatic N) is 2. The van der Waals surface area contributed by atoms with Crippen molar-refractivity contribution in [3.05, 3.63) is 18.3 Å². The van der Waals surface area contributed by atoms with Gasteiger partial charge in [-0.15, -0.1) is 0 Å². The molecule has 2 rings (SSSR count). The van der Waals surface area contributed by atoms with E-state index in [1.54, 1.807) is 11.1 Å². The highest BCUT2D eigenvalue weighted by atomic mass is 16.2. The van der Waals surface area contributed by atoms with Gasteiger partial charge >= 0.3 is 0 Å². The van der Waals surface area contributed by atoms with Crippen molar-refractivity contribution in [1.82, 2.24) is 9.88 Å². The first-order chi connectivity index (χ1) is 8.20. The van der Waals surface area contributed by atoms with Gasteiger partial charge in [-0.1, -0.05) is 0 Å². The molecule has 0 aliphatic carbocycles. The number of carbonyl (C=O) groups is 1. The second-order valence-corrected chi connectivity index (χ2v) is 4.21. The molecule has 1 atom stereocenters. The normalized spacial score (nSPS) is 19.5. The molecule has 1 aromatic heterocycles. The van der Waals surface area contributed by atoms with E-state index in [0.717, 1.165) is 31.0 Å². The van der Waals surface area contributed by atoms with Crippen molar-refractivity contribution in [3.63, 3.8) is 0 Å². The number of amides is 1. The first-order valence-corrected chi connectivity index (χ1v) is 5.92. The number of hydrogen-bond donors (Lipinski definition) is 2. The molecule has 1 unspecified atom stereocenters. The highest BCUT2D eigenvalue weighted by molar-refractivity contribution is 5.86. The molecule has 5 heteroatoms. The summed E-state index contributed by atoms with van der Waals surface area (Å²) in [5.74, 6) is 0.989. The molecule has 1 aromatic rings. The molecule has 1 fully saturated rings. The Balaban J connectivity index is 2.03. The van der Waals surface area contributed by atoms with Crippen LogP contribution in [0.1, 0.15) is 13.3 Å². The Morgan fingerprint density at radius 3 is 3.06 bits per heavy atom. The van der Waals surface area contributed by atoms with Gasteiger partial charge in [0, 0.05) is 38.1 Å². The number of likely N-dealkylation sites (tertiary alicyclic amines) is 1. The predicted octanol–water partition coefficient (Wildman–Crippen LogP) is 1.16. The third-order valence-electron chi connectivity index (χ3n) is 2.89.